The number of amides is 1. The summed E-state index contributed by atoms with van der Waals surface area (Å²) < 4.78 is 9.87. The van der Waals surface area contributed by atoms with Crippen LogP contribution in [0.4, 0.5) is 5.88 Å². The van der Waals surface area contributed by atoms with Crippen molar-refractivity contribution in [2.75, 3.05) is 6.54 Å². The normalized spacial score (nSPS) is 14.5. The Morgan fingerprint density at radius 3 is 2.64 bits per heavy atom. The van der Waals surface area contributed by atoms with Gasteiger partial charge in [-0.1, -0.05) is 24.3 Å². The molecule has 1 aliphatic heterocycles. The van der Waals surface area contributed by atoms with Gasteiger partial charge in [0.1, 0.15) is 4.92 Å². The van der Waals surface area contributed by atoms with Gasteiger partial charge >= 0.3 is 11.9 Å². The number of ether oxygens (including phenoxy) is 1. The Morgan fingerprint density at radius 1 is 1.24 bits per heavy atom. The third kappa shape index (κ3) is 3.52. The Labute approximate surface area is 143 Å². The van der Waals surface area contributed by atoms with Crippen LogP contribution in [0.15, 0.2) is 40.8 Å². The van der Waals surface area contributed by atoms with Gasteiger partial charge in [-0.3, -0.25) is 14.9 Å². The predicted molar refractivity (Wildman–Crippen MR) is 85.8 cm³/mol. The number of carbonyl (C=O) groups excluding carboxylic acids is 2. The largest absolute Gasteiger partial charge is 0.447 e. The maximum atomic E-state index is 12.5. The van der Waals surface area contributed by atoms with Crippen molar-refractivity contribution in [3.05, 3.63) is 63.4 Å². The molecule has 8 nitrogen and oxygen atoms in total. The molecule has 0 fully saturated rings. The van der Waals surface area contributed by atoms with Crippen LogP contribution in [0.5, 0.6) is 0 Å². The summed E-state index contributed by atoms with van der Waals surface area (Å²) in [5.74, 6) is -2.09. The molecule has 0 aliphatic carbocycles. The Morgan fingerprint density at radius 2 is 1.96 bits per heavy atom. The van der Waals surface area contributed by atoms with Crippen molar-refractivity contribution >= 4 is 17.8 Å². The maximum Gasteiger partial charge on any atom is 0.433 e. The molecule has 0 N–H and O–H groups in total. The summed E-state index contributed by atoms with van der Waals surface area (Å²) in [6.07, 6.45) is -0.269. The van der Waals surface area contributed by atoms with E-state index in [9.17, 15) is 19.7 Å². The van der Waals surface area contributed by atoms with E-state index in [1.807, 2.05) is 24.3 Å². The van der Waals surface area contributed by atoms with E-state index in [0.29, 0.717) is 13.1 Å². The highest BCUT2D eigenvalue weighted by Gasteiger charge is 2.28. The molecule has 2 aromatic rings. The highest BCUT2D eigenvalue weighted by molar-refractivity contribution is 5.90. The van der Waals surface area contributed by atoms with Crippen molar-refractivity contribution < 1.29 is 23.7 Å². The molecule has 0 bridgehead atoms. The summed E-state index contributed by atoms with van der Waals surface area (Å²) in [5.41, 5.74) is 2.28. The summed E-state index contributed by atoms with van der Waals surface area (Å²) in [5, 5.41) is 10.6. The van der Waals surface area contributed by atoms with E-state index in [0.717, 1.165) is 24.1 Å². The number of fused-ring (bicyclic) bond motifs is 1. The summed E-state index contributed by atoms with van der Waals surface area (Å²) in [4.78, 5) is 35.9. The van der Waals surface area contributed by atoms with E-state index in [1.165, 1.54) is 12.5 Å². The lowest BCUT2D eigenvalue weighted by Gasteiger charge is -2.30. The lowest BCUT2D eigenvalue weighted by Crippen LogP contribution is -2.42. The van der Waals surface area contributed by atoms with Crippen molar-refractivity contribution in [3.8, 4) is 0 Å². The van der Waals surface area contributed by atoms with Crippen molar-refractivity contribution in [2.45, 2.75) is 26.0 Å². The van der Waals surface area contributed by atoms with Gasteiger partial charge in [0.15, 0.2) is 6.10 Å². The topological polar surface area (TPSA) is 103 Å². The van der Waals surface area contributed by atoms with E-state index >= 15 is 0 Å². The van der Waals surface area contributed by atoms with Crippen molar-refractivity contribution in [1.29, 1.82) is 0 Å². The second-order valence-corrected chi connectivity index (χ2v) is 5.72. The molecular formula is C17H16N2O6. The molecule has 0 saturated heterocycles. The van der Waals surface area contributed by atoms with Gasteiger partial charge in [-0.2, -0.15) is 0 Å². The zero-order valence-corrected chi connectivity index (χ0v) is 13.5. The fourth-order valence-electron chi connectivity index (χ4n) is 2.75. The van der Waals surface area contributed by atoms with Crippen LogP contribution in [0, 0.1) is 10.1 Å². The summed E-state index contributed by atoms with van der Waals surface area (Å²) >= 11 is 0. The smallest absolute Gasteiger partial charge is 0.433 e. The monoisotopic (exact) mass is 344 g/mol. The number of carbonyl (C=O) groups is 2. The Bertz CT molecular complexity index is 828. The average molecular weight is 344 g/mol. The first kappa shape index (κ1) is 16.7. The molecule has 25 heavy (non-hydrogen) atoms. The first-order valence-electron chi connectivity index (χ1n) is 7.76. The van der Waals surface area contributed by atoms with Crippen LogP contribution in [0.1, 0.15) is 28.6 Å². The molecule has 2 heterocycles. The third-order valence-electron chi connectivity index (χ3n) is 4.05. The van der Waals surface area contributed by atoms with Crippen LogP contribution in [0.25, 0.3) is 0 Å². The predicted octanol–water partition coefficient (Wildman–Crippen LogP) is 2.32. The Kier molecular flexibility index (Phi) is 4.51. The highest BCUT2D eigenvalue weighted by atomic mass is 16.7. The van der Waals surface area contributed by atoms with Crippen LogP contribution in [0.2, 0.25) is 0 Å². The number of nitrogens with zero attached hydrogens (tertiary/aromatic N) is 2. The molecule has 1 aromatic carbocycles. The van der Waals surface area contributed by atoms with Crippen LogP contribution < -0.4 is 0 Å². The fourth-order valence-corrected chi connectivity index (χ4v) is 2.75. The molecule has 0 saturated carbocycles. The summed E-state index contributed by atoms with van der Waals surface area (Å²) in [6, 6.07) is 10.1. The minimum absolute atomic E-state index is 0.310. The molecule has 3 rings (SSSR count). The number of rotatable bonds is 4. The second-order valence-electron chi connectivity index (χ2n) is 5.72. The molecule has 8 heteroatoms. The SMILES string of the molecule is C[C@H](OC(=O)c1ccc([N+](=O)[O-])o1)C(=O)N1CCc2ccccc2C1. The quantitative estimate of drug-likeness (QED) is 0.479. The first-order chi connectivity index (χ1) is 12.0. The average Bonchev–Trinajstić information content (AvgIpc) is 3.11. The fraction of sp³-hybridized carbons (Fsp3) is 0.294. The van der Waals surface area contributed by atoms with E-state index in [1.54, 1.807) is 4.90 Å². The zero-order valence-electron chi connectivity index (χ0n) is 13.5. The van der Waals surface area contributed by atoms with Crippen molar-refractivity contribution in [3.63, 3.8) is 0 Å². The van der Waals surface area contributed by atoms with E-state index < -0.39 is 22.9 Å². The maximum absolute atomic E-state index is 12.5. The van der Waals surface area contributed by atoms with Crippen LogP contribution in [-0.4, -0.2) is 34.3 Å². The molecule has 1 aromatic heterocycles. The Hall–Kier alpha value is -3.16. The van der Waals surface area contributed by atoms with Crippen molar-refractivity contribution in [1.82, 2.24) is 4.90 Å². The van der Waals surface area contributed by atoms with E-state index in [4.69, 9.17) is 9.15 Å². The van der Waals surface area contributed by atoms with Gasteiger partial charge < -0.3 is 14.1 Å². The van der Waals surface area contributed by atoms with E-state index in [-0.39, 0.29) is 11.7 Å². The standard InChI is InChI=1S/C17H16N2O6/c1-11(24-17(21)14-6-7-15(25-14)19(22)23)16(20)18-9-8-12-4-2-3-5-13(12)10-18/h2-7,11H,8-10H2,1H3/t11-/m0/s1. The number of benzene rings is 1. The molecule has 1 aliphatic rings. The molecule has 0 unspecified atom stereocenters. The number of hydrogen-bond donors (Lipinski definition) is 0. The molecule has 1 atom stereocenters. The zero-order chi connectivity index (χ0) is 18.0. The number of esters is 1. The Balaban J connectivity index is 1.63. The minimum Gasteiger partial charge on any atom is -0.447 e. The molecule has 1 amide bonds. The lowest BCUT2D eigenvalue weighted by molar-refractivity contribution is -0.402. The van der Waals surface area contributed by atoms with Crippen molar-refractivity contribution in [2.24, 2.45) is 0 Å². The number of furan rings is 1. The summed E-state index contributed by atoms with van der Waals surface area (Å²) in [7, 11) is 0. The second kappa shape index (κ2) is 6.76. The molecular weight excluding hydrogens is 328 g/mol. The first-order valence-corrected chi connectivity index (χ1v) is 7.76. The van der Waals surface area contributed by atoms with Gasteiger partial charge in [0, 0.05) is 13.1 Å². The molecule has 0 radical (unpaired) electrons. The van der Waals surface area contributed by atoms with E-state index in [2.05, 4.69) is 0 Å². The van der Waals surface area contributed by atoms with Gasteiger partial charge in [-0.15, -0.1) is 0 Å². The van der Waals surface area contributed by atoms with Crippen LogP contribution >= 0.6 is 0 Å². The summed E-state index contributed by atoms with van der Waals surface area (Å²) in [6.45, 7) is 2.48. The lowest BCUT2D eigenvalue weighted by atomic mass is 9.99. The minimum atomic E-state index is -1.01. The molecule has 130 valence electrons. The van der Waals surface area contributed by atoms with Gasteiger partial charge in [-0.05, 0) is 30.5 Å². The number of hydrogen-bond acceptors (Lipinski definition) is 6. The van der Waals surface area contributed by atoms with Crippen LogP contribution in [0.3, 0.4) is 0 Å². The van der Waals surface area contributed by atoms with Gasteiger partial charge in [0.05, 0.1) is 6.07 Å². The third-order valence-corrected chi connectivity index (χ3v) is 4.05. The van der Waals surface area contributed by atoms with Gasteiger partial charge in [-0.25, -0.2) is 4.79 Å². The van der Waals surface area contributed by atoms with Gasteiger partial charge in [0.25, 0.3) is 5.91 Å². The molecule has 0 spiro atoms. The van der Waals surface area contributed by atoms with Gasteiger partial charge in [0.2, 0.25) is 5.76 Å². The number of nitro groups is 1. The highest BCUT2D eigenvalue weighted by Crippen LogP contribution is 2.20. The van der Waals surface area contributed by atoms with Crippen LogP contribution in [-0.2, 0) is 22.5 Å².